The van der Waals surface area contributed by atoms with E-state index in [0.717, 1.165) is 50.8 Å². The predicted molar refractivity (Wildman–Crippen MR) is 128 cm³/mol. The molecule has 1 aromatic heterocycles. The molecular formula is C28H30F2N2O2. The molecule has 1 fully saturated rings. The van der Waals surface area contributed by atoms with Crippen LogP contribution in [0.3, 0.4) is 0 Å². The topological polar surface area (TPSA) is 34.6 Å². The molecule has 0 amide bonds. The molecule has 2 aliphatic heterocycles. The van der Waals surface area contributed by atoms with Gasteiger partial charge in [-0.05, 0) is 54.9 Å². The zero-order valence-corrected chi connectivity index (χ0v) is 19.2. The highest BCUT2D eigenvalue weighted by Gasteiger charge is 2.28. The van der Waals surface area contributed by atoms with Crippen molar-refractivity contribution < 1.29 is 18.3 Å². The lowest BCUT2D eigenvalue weighted by atomic mass is 9.82. The fourth-order valence-electron chi connectivity index (χ4n) is 4.80. The highest BCUT2D eigenvalue weighted by atomic mass is 19.1. The van der Waals surface area contributed by atoms with Gasteiger partial charge in [0.05, 0.1) is 11.8 Å². The minimum atomic E-state index is -0.614. The lowest BCUT2D eigenvalue weighted by molar-refractivity contribution is -0.0627. The van der Waals surface area contributed by atoms with E-state index in [1.807, 2.05) is 12.1 Å². The Morgan fingerprint density at radius 1 is 1.09 bits per heavy atom. The lowest BCUT2D eigenvalue weighted by Gasteiger charge is -2.36. The molecule has 6 heteroatoms. The minimum absolute atomic E-state index is 0.00576. The maximum Gasteiger partial charge on any atom is 0.214 e. The fourth-order valence-corrected chi connectivity index (χ4v) is 4.80. The second kappa shape index (κ2) is 10.6. The number of halogens is 2. The molecule has 0 bridgehead atoms. The van der Waals surface area contributed by atoms with Gasteiger partial charge in [0.25, 0.3) is 0 Å². The van der Waals surface area contributed by atoms with Gasteiger partial charge in [0.15, 0.2) is 0 Å². The molecule has 178 valence electrons. The zero-order chi connectivity index (χ0) is 23.3. The number of ether oxygens (including phenoxy) is 2. The summed E-state index contributed by atoms with van der Waals surface area (Å²) in [5.41, 5.74) is 2.39. The van der Waals surface area contributed by atoms with E-state index in [9.17, 15) is 8.78 Å². The Hall–Kier alpha value is -2.83. The quantitative estimate of drug-likeness (QED) is 0.512. The van der Waals surface area contributed by atoms with E-state index in [0.29, 0.717) is 29.4 Å². The Kier molecular flexibility index (Phi) is 7.16. The molecule has 0 saturated carbocycles. The average Bonchev–Trinajstić information content (AvgIpc) is 2.82. The van der Waals surface area contributed by atoms with Crippen LogP contribution in [0.4, 0.5) is 8.78 Å². The smallest absolute Gasteiger partial charge is 0.214 e. The normalized spacial score (nSPS) is 24.5. The molecule has 3 atom stereocenters. The van der Waals surface area contributed by atoms with Crippen molar-refractivity contribution in [1.82, 2.24) is 9.88 Å². The van der Waals surface area contributed by atoms with Crippen LogP contribution in [-0.2, 0) is 11.3 Å². The molecule has 34 heavy (non-hydrogen) atoms. The second-order valence-corrected chi connectivity index (χ2v) is 9.24. The standard InChI is InChI=1S/C28H30F2N2O2/c29-24-9-8-23(26(30)17-24)19-34-28-7-3-6-27(31-28)20-10-13-32(14-11-20)18-22-5-2-1-4-21(22)16-25-12-15-33-25/h1-10,17,21-22,25H,11-16,18-19H2/t21-,22?,25?/m1/s1. The molecule has 5 rings (SSSR count). The third-order valence-corrected chi connectivity index (χ3v) is 6.91. The SMILES string of the molecule is Fc1ccc(COc2cccc(C3=CCN(CC4C=CC=C[C@@H]4CC4CCO4)CC3)n2)c(F)c1. The molecular weight excluding hydrogens is 434 g/mol. The Labute approximate surface area is 199 Å². The third kappa shape index (κ3) is 5.62. The number of benzene rings is 1. The fraction of sp³-hybridized carbons (Fsp3) is 0.393. The molecule has 0 radical (unpaired) electrons. The molecule has 1 saturated heterocycles. The lowest BCUT2D eigenvalue weighted by Crippen LogP contribution is -2.37. The first kappa shape index (κ1) is 22.9. The number of hydrogen-bond donors (Lipinski definition) is 0. The summed E-state index contributed by atoms with van der Waals surface area (Å²) in [6, 6.07) is 9.13. The summed E-state index contributed by atoms with van der Waals surface area (Å²) < 4.78 is 38.3. The van der Waals surface area contributed by atoms with E-state index >= 15 is 0 Å². The van der Waals surface area contributed by atoms with Gasteiger partial charge in [-0.2, -0.15) is 0 Å². The maximum atomic E-state index is 13.9. The highest BCUT2D eigenvalue weighted by Crippen LogP contribution is 2.31. The van der Waals surface area contributed by atoms with Gasteiger partial charge in [-0.1, -0.05) is 36.4 Å². The first-order valence-electron chi connectivity index (χ1n) is 12.1. The van der Waals surface area contributed by atoms with E-state index in [2.05, 4.69) is 40.3 Å². The number of aromatic nitrogens is 1. The van der Waals surface area contributed by atoms with Crippen molar-refractivity contribution in [3.8, 4) is 5.88 Å². The average molecular weight is 465 g/mol. The summed E-state index contributed by atoms with van der Waals surface area (Å²) in [5.74, 6) is 0.285. The van der Waals surface area contributed by atoms with E-state index in [1.54, 1.807) is 6.07 Å². The van der Waals surface area contributed by atoms with Gasteiger partial charge in [0.2, 0.25) is 5.88 Å². The number of rotatable bonds is 8. The summed E-state index contributed by atoms with van der Waals surface area (Å²) in [6.07, 6.45) is 14.9. The van der Waals surface area contributed by atoms with Crippen LogP contribution in [-0.4, -0.2) is 42.2 Å². The van der Waals surface area contributed by atoms with Crippen LogP contribution in [0.1, 0.15) is 30.5 Å². The van der Waals surface area contributed by atoms with Crippen LogP contribution in [0.25, 0.3) is 5.57 Å². The van der Waals surface area contributed by atoms with Crippen molar-refractivity contribution in [3.05, 3.63) is 89.7 Å². The molecule has 2 unspecified atom stereocenters. The molecule has 0 spiro atoms. The van der Waals surface area contributed by atoms with Gasteiger partial charge in [-0.3, -0.25) is 4.90 Å². The third-order valence-electron chi connectivity index (χ3n) is 6.91. The van der Waals surface area contributed by atoms with Gasteiger partial charge >= 0.3 is 0 Å². The number of nitrogens with zero attached hydrogens (tertiary/aromatic N) is 2. The predicted octanol–water partition coefficient (Wildman–Crippen LogP) is 5.57. The molecule has 3 aliphatic rings. The summed E-state index contributed by atoms with van der Waals surface area (Å²) in [7, 11) is 0. The van der Waals surface area contributed by atoms with Crippen molar-refractivity contribution in [2.45, 2.75) is 32.0 Å². The maximum absolute atomic E-state index is 13.9. The Morgan fingerprint density at radius 2 is 1.94 bits per heavy atom. The summed E-state index contributed by atoms with van der Waals surface area (Å²) in [4.78, 5) is 7.12. The van der Waals surface area contributed by atoms with Crippen LogP contribution in [0.15, 0.2) is 66.8 Å². The largest absolute Gasteiger partial charge is 0.473 e. The number of pyridine rings is 1. The molecule has 4 nitrogen and oxygen atoms in total. The second-order valence-electron chi connectivity index (χ2n) is 9.24. The minimum Gasteiger partial charge on any atom is -0.473 e. The van der Waals surface area contributed by atoms with Crippen LogP contribution in [0.2, 0.25) is 0 Å². The Bertz CT molecular complexity index is 1090. The van der Waals surface area contributed by atoms with Crippen LogP contribution < -0.4 is 4.74 Å². The van der Waals surface area contributed by atoms with Crippen molar-refractivity contribution >= 4 is 5.57 Å². The van der Waals surface area contributed by atoms with Gasteiger partial charge in [-0.25, -0.2) is 13.8 Å². The van der Waals surface area contributed by atoms with Gasteiger partial charge in [0.1, 0.15) is 18.2 Å². The first-order chi connectivity index (χ1) is 16.6. The van der Waals surface area contributed by atoms with Crippen molar-refractivity contribution in [2.24, 2.45) is 11.8 Å². The molecule has 2 aromatic rings. The zero-order valence-electron chi connectivity index (χ0n) is 19.2. The Morgan fingerprint density at radius 3 is 2.68 bits per heavy atom. The molecule has 3 heterocycles. The number of allylic oxidation sites excluding steroid dienone is 3. The highest BCUT2D eigenvalue weighted by molar-refractivity contribution is 5.64. The molecule has 1 aliphatic carbocycles. The summed E-state index contributed by atoms with van der Waals surface area (Å²) in [5, 5.41) is 0. The van der Waals surface area contributed by atoms with Crippen LogP contribution in [0, 0.1) is 23.5 Å². The number of hydrogen-bond acceptors (Lipinski definition) is 4. The van der Waals surface area contributed by atoms with Gasteiger partial charge in [-0.15, -0.1) is 0 Å². The van der Waals surface area contributed by atoms with E-state index in [1.165, 1.54) is 24.1 Å². The van der Waals surface area contributed by atoms with Crippen LogP contribution >= 0.6 is 0 Å². The van der Waals surface area contributed by atoms with Gasteiger partial charge < -0.3 is 9.47 Å². The van der Waals surface area contributed by atoms with Crippen molar-refractivity contribution in [2.75, 3.05) is 26.2 Å². The van der Waals surface area contributed by atoms with Crippen molar-refractivity contribution in [3.63, 3.8) is 0 Å². The van der Waals surface area contributed by atoms with Crippen molar-refractivity contribution in [1.29, 1.82) is 0 Å². The Balaban J connectivity index is 1.17. The van der Waals surface area contributed by atoms with E-state index in [-0.39, 0.29) is 6.61 Å². The van der Waals surface area contributed by atoms with E-state index < -0.39 is 11.6 Å². The monoisotopic (exact) mass is 464 g/mol. The summed E-state index contributed by atoms with van der Waals surface area (Å²) >= 11 is 0. The molecule has 1 aromatic carbocycles. The molecule has 0 N–H and O–H groups in total. The van der Waals surface area contributed by atoms with Crippen LogP contribution in [0.5, 0.6) is 5.88 Å². The first-order valence-corrected chi connectivity index (χ1v) is 12.1. The summed E-state index contributed by atoms with van der Waals surface area (Å²) in [6.45, 7) is 3.84. The van der Waals surface area contributed by atoms with E-state index in [4.69, 9.17) is 9.47 Å². The van der Waals surface area contributed by atoms with Gasteiger partial charge in [0, 0.05) is 43.9 Å².